The lowest BCUT2D eigenvalue weighted by Crippen LogP contribution is -2.36. The average molecular weight is 324 g/mol. The molecule has 2 aromatic heterocycles. The second-order valence-electron chi connectivity index (χ2n) is 6.20. The highest BCUT2D eigenvalue weighted by molar-refractivity contribution is 5.56. The summed E-state index contributed by atoms with van der Waals surface area (Å²) < 4.78 is 7.24. The summed E-state index contributed by atoms with van der Waals surface area (Å²) >= 11 is 0. The highest BCUT2D eigenvalue weighted by Gasteiger charge is 2.27. The van der Waals surface area contributed by atoms with Crippen molar-refractivity contribution in [2.24, 2.45) is 7.05 Å². The van der Waals surface area contributed by atoms with Gasteiger partial charge < -0.3 is 9.63 Å². The number of aliphatic hydroxyl groups is 1. The normalized spacial score (nSPS) is 17.8. The van der Waals surface area contributed by atoms with Gasteiger partial charge in [-0.25, -0.2) is 0 Å². The Morgan fingerprint density at radius 3 is 3.00 bits per heavy atom. The van der Waals surface area contributed by atoms with Gasteiger partial charge in [0, 0.05) is 31.4 Å². The van der Waals surface area contributed by atoms with E-state index in [0.717, 1.165) is 30.0 Å². The number of benzene rings is 1. The van der Waals surface area contributed by atoms with Crippen molar-refractivity contribution in [2.75, 3.05) is 13.2 Å². The number of aliphatic hydroxyl groups excluding tert-OH is 1. The molecule has 4 rings (SSSR count). The van der Waals surface area contributed by atoms with Gasteiger partial charge in [0.25, 0.3) is 0 Å². The molecule has 3 heterocycles. The molecule has 1 atom stereocenters. The molecule has 124 valence electrons. The van der Waals surface area contributed by atoms with Gasteiger partial charge in [-0.3, -0.25) is 9.58 Å². The Hall–Kier alpha value is -2.44. The van der Waals surface area contributed by atoms with E-state index in [0.29, 0.717) is 6.54 Å². The van der Waals surface area contributed by atoms with Crippen molar-refractivity contribution in [1.82, 2.24) is 19.8 Å². The summed E-state index contributed by atoms with van der Waals surface area (Å²) in [4.78, 5) is 2.25. The molecule has 0 radical (unpaired) electrons. The Balaban J connectivity index is 1.54. The number of nitrogens with zero attached hydrogens (tertiary/aromatic N) is 4. The Kier molecular flexibility index (Phi) is 3.92. The predicted octanol–water partition coefficient (Wildman–Crippen LogP) is 2.17. The Morgan fingerprint density at radius 1 is 1.33 bits per heavy atom. The quantitative estimate of drug-likeness (QED) is 0.796. The molecular weight excluding hydrogens is 304 g/mol. The molecule has 1 aliphatic rings. The van der Waals surface area contributed by atoms with Gasteiger partial charge in [0.15, 0.2) is 5.76 Å². The highest BCUT2D eigenvalue weighted by Crippen LogP contribution is 2.31. The number of fused-ring (bicyclic) bond motifs is 1. The molecule has 24 heavy (non-hydrogen) atoms. The number of rotatable bonds is 4. The van der Waals surface area contributed by atoms with Crippen LogP contribution in [0.5, 0.6) is 0 Å². The third kappa shape index (κ3) is 2.74. The summed E-state index contributed by atoms with van der Waals surface area (Å²) in [5, 5.41) is 18.2. The van der Waals surface area contributed by atoms with Crippen LogP contribution in [0.4, 0.5) is 0 Å². The van der Waals surface area contributed by atoms with Crippen LogP contribution in [-0.2, 0) is 20.0 Å². The van der Waals surface area contributed by atoms with E-state index < -0.39 is 0 Å². The van der Waals surface area contributed by atoms with E-state index >= 15 is 0 Å². The second kappa shape index (κ2) is 6.22. The zero-order chi connectivity index (χ0) is 16.5. The lowest BCUT2D eigenvalue weighted by molar-refractivity contribution is 0.0988. The first kappa shape index (κ1) is 15.1. The first-order chi connectivity index (χ1) is 11.7. The smallest absolute Gasteiger partial charge is 0.151 e. The lowest BCUT2D eigenvalue weighted by atomic mass is 9.93. The van der Waals surface area contributed by atoms with Crippen molar-refractivity contribution in [3.8, 4) is 11.3 Å². The summed E-state index contributed by atoms with van der Waals surface area (Å²) in [6, 6.07) is 10.3. The van der Waals surface area contributed by atoms with Crippen LogP contribution in [0, 0.1) is 0 Å². The van der Waals surface area contributed by atoms with Crippen LogP contribution in [0.15, 0.2) is 47.2 Å². The fraction of sp³-hybridized carbons (Fsp3) is 0.333. The largest absolute Gasteiger partial charge is 0.394 e. The second-order valence-corrected chi connectivity index (χ2v) is 6.20. The first-order valence-electron chi connectivity index (χ1n) is 8.12. The fourth-order valence-electron chi connectivity index (χ4n) is 3.38. The molecule has 0 spiro atoms. The lowest BCUT2D eigenvalue weighted by Gasteiger charge is -2.35. The molecule has 6 nitrogen and oxygen atoms in total. The minimum Gasteiger partial charge on any atom is -0.394 e. The molecule has 1 aromatic carbocycles. The van der Waals surface area contributed by atoms with Crippen LogP contribution in [0.1, 0.15) is 22.9 Å². The van der Waals surface area contributed by atoms with E-state index in [1.165, 1.54) is 11.1 Å². The molecule has 0 fully saturated rings. The molecule has 0 saturated carbocycles. The highest BCUT2D eigenvalue weighted by atomic mass is 16.5. The molecule has 0 amide bonds. The minimum atomic E-state index is 0.00175. The van der Waals surface area contributed by atoms with E-state index in [1.54, 1.807) is 10.9 Å². The third-order valence-corrected chi connectivity index (χ3v) is 4.61. The molecule has 0 saturated heterocycles. The van der Waals surface area contributed by atoms with Crippen LogP contribution in [0.25, 0.3) is 11.3 Å². The van der Waals surface area contributed by atoms with E-state index in [2.05, 4.69) is 33.4 Å². The zero-order valence-corrected chi connectivity index (χ0v) is 13.6. The zero-order valence-electron chi connectivity index (χ0n) is 13.6. The average Bonchev–Trinajstić information content (AvgIpc) is 3.23. The van der Waals surface area contributed by atoms with Gasteiger partial charge in [0.05, 0.1) is 25.4 Å². The monoisotopic (exact) mass is 324 g/mol. The maximum Gasteiger partial charge on any atom is 0.151 e. The van der Waals surface area contributed by atoms with Gasteiger partial charge in [-0.15, -0.1) is 0 Å². The summed E-state index contributed by atoms with van der Waals surface area (Å²) in [6.45, 7) is 1.62. The van der Waals surface area contributed by atoms with Crippen molar-refractivity contribution < 1.29 is 9.63 Å². The van der Waals surface area contributed by atoms with Crippen LogP contribution >= 0.6 is 0 Å². The predicted molar refractivity (Wildman–Crippen MR) is 89.1 cm³/mol. The SMILES string of the molecule is Cn1cc(-c2cc(CN3CCc4ccccc4[C@@H]3CO)on2)cn1. The number of hydrogen-bond acceptors (Lipinski definition) is 5. The maximum absolute atomic E-state index is 9.87. The molecule has 3 aromatic rings. The topological polar surface area (TPSA) is 67.3 Å². The Bertz CT molecular complexity index is 839. The number of hydrogen-bond donors (Lipinski definition) is 1. The number of aryl methyl sites for hydroxylation is 1. The van der Waals surface area contributed by atoms with Gasteiger partial charge in [0.1, 0.15) is 5.69 Å². The number of aromatic nitrogens is 3. The van der Waals surface area contributed by atoms with Crippen LogP contribution in [0.2, 0.25) is 0 Å². The van der Waals surface area contributed by atoms with E-state index in [-0.39, 0.29) is 12.6 Å². The molecule has 6 heteroatoms. The summed E-state index contributed by atoms with van der Waals surface area (Å²) in [5.41, 5.74) is 4.26. The Morgan fingerprint density at radius 2 is 2.21 bits per heavy atom. The van der Waals surface area contributed by atoms with Crippen molar-refractivity contribution in [3.63, 3.8) is 0 Å². The molecule has 1 N–H and O–H groups in total. The van der Waals surface area contributed by atoms with Crippen LogP contribution in [0.3, 0.4) is 0 Å². The summed E-state index contributed by atoms with van der Waals surface area (Å²) in [6.07, 6.45) is 4.67. The minimum absolute atomic E-state index is 0.00175. The standard InChI is InChI=1S/C18H20N4O2/c1-21-10-14(9-19-21)17-8-15(24-20-17)11-22-7-6-13-4-2-3-5-16(13)18(22)12-23/h2-5,8-10,18,23H,6-7,11-12H2,1H3/t18-/m0/s1. The van der Waals surface area contributed by atoms with E-state index in [1.807, 2.05) is 25.4 Å². The summed E-state index contributed by atoms with van der Waals surface area (Å²) in [7, 11) is 1.88. The van der Waals surface area contributed by atoms with Crippen LogP contribution < -0.4 is 0 Å². The van der Waals surface area contributed by atoms with Gasteiger partial charge in [-0.2, -0.15) is 5.10 Å². The van der Waals surface area contributed by atoms with Crippen molar-refractivity contribution in [1.29, 1.82) is 0 Å². The molecule has 0 unspecified atom stereocenters. The van der Waals surface area contributed by atoms with Gasteiger partial charge in [0.2, 0.25) is 0 Å². The van der Waals surface area contributed by atoms with Crippen molar-refractivity contribution >= 4 is 0 Å². The van der Waals surface area contributed by atoms with Crippen LogP contribution in [-0.4, -0.2) is 38.1 Å². The van der Waals surface area contributed by atoms with Gasteiger partial charge >= 0.3 is 0 Å². The third-order valence-electron chi connectivity index (χ3n) is 4.61. The molecule has 0 aliphatic carbocycles. The molecule has 0 bridgehead atoms. The molecular formula is C18H20N4O2. The first-order valence-corrected chi connectivity index (χ1v) is 8.12. The van der Waals surface area contributed by atoms with Gasteiger partial charge in [-0.05, 0) is 17.5 Å². The van der Waals surface area contributed by atoms with Crippen molar-refractivity contribution in [2.45, 2.75) is 19.0 Å². The fourth-order valence-corrected chi connectivity index (χ4v) is 3.38. The summed E-state index contributed by atoms with van der Waals surface area (Å²) in [5.74, 6) is 0.798. The van der Waals surface area contributed by atoms with Gasteiger partial charge in [-0.1, -0.05) is 29.4 Å². The Labute approximate surface area is 140 Å². The van der Waals surface area contributed by atoms with E-state index in [4.69, 9.17) is 4.52 Å². The van der Waals surface area contributed by atoms with E-state index in [9.17, 15) is 5.11 Å². The van der Waals surface area contributed by atoms with Crippen molar-refractivity contribution in [3.05, 3.63) is 59.6 Å². The molecule has 1 aliphatic heterocycles. The maximum atomic E-state index is 9.87.